The number of piperidine rings is 1. The molecule has 9 nitrogen and oxygen atoms in total. The van der Waals surface area contributed by atoms with Crippen molar-refractivity contribution in [1.82, 2.24) is 19.4 Å². The number of imidazole rings is 1. The second kappa shape index (κ2) is 10.3. The molecule has 0 atom stereocenters. The van der Waals surface area contributed by atoms with Gasteiger partial charge in [-0.25, -0.2) is 14.8 Å². The average Bonchev–Trinajstić information content (AvgIpc) is 3.17. The largest absolute Gasteiger partial charge is 0.490 e. The molecule has 0 unspecified atom stereocenters. The predicted octanol–water partition coefficient (Wildman–Crippen LogP) is 4.89. The van der Waals surface area contributed by atoms with E-state index in [0.717, 1.165) is 53.8 Å². The van der Waals surface area contributed by atoms with Crippen molar-refractivity contribution in [2.45, 2.75) is 78.7 Å². The number of nitrogen functional groups attached to an aromatic ring is 1. The highest BCUT2D eigenvalue weighted by Gasteiger charge is 2.28. The molecule has 1 aromatic carbocycles. The molecule has 35 heavy (non-hydrogen) atoms. The minimum Gasteiger partial charge on any atom is -0.490 e. The minimum atomic E-state index is -0.495. The van der Waals surface area contributed by atoms with Crippen LogP contribution in [0.15, 0.2) is 18.2 Å². The molecule has 1 aliphatic rings. The highest BCUT2D eigenvalue weighted by atomic mass is 16.6. The number of fused-ring (bicyclic) bond motifs is 3. The van der Waals surface area contributed by atoms with E-state index in [0.29, 0.717) is 37.6 Å². The topological polar surface area (TPSA) is 105 Å². The molecule has 0 radical (unpaired) electrons. The normalized spacial score (nSPS) is 15.2. The molecule has 0 saturated carbocycles. The highest BCUT2D eigenvalue weighted by molar-refractivity contribution is 6.07. The lowest BCUT2D eigenvalue weighted by Gasteiger charge is -2.33. The van der Waals surface area contributed by atoms with Crippen molar-refractivity contribution >= 4 is 33.8 Å². The Labute approximate surface area is 206 Å². The summed E-state index contributed by atoms with van der Waals surface area (Å²) >= 11 is 0. The molecule has 1 saturated heterocycles. The molecule has 1 aliphatic heterocycles. The van der Waals surface area contributed by atoms with E-state index in [9.17, 15) is 4.79 Å². The lowest BCUT2D eigenvalue weighted by atomic mass is 10.1. The first-order valence-electron chi connectivity index (χ1n) is 12.5. The SMILES string of the molecule is CCCn1c(COCC)nc2c(N)nc3ccc(OC4CCN(C(=O)OC(C)(C)C)CC4)cc3c21. The predicted molar refractivity (Wildman–Crippen MR) is 137 cm³/mol. The van der Waals surface area contributed by atoms with Gasteiger partial charge >= 0.3 is 6.09 Å². The molecule has 0 spiro atoms. The number of pyridine rings is 1. The Bertz CT molecular complexity index is 1190. The zero-order chi connectivity index (χ0) is 25.2. The first-order valence-corrected chi connectivity index (χ1v) is 12.5. The maximum absolute atomic E-state index is 12.4. The van der Waals surface area contributed by atoms with Crippen LogP contribution in [-0.4, -0.2) is 56.9 Å². The van der Waals surface area contributed by atoms with E-state index in [4.69, 9.17) is 24.9 Å². The van der Waals surface area contributed by atoms with Crippen LogP contribution in [0.1, 0.15) is 59.7 Å². The second-order valence-corrected chi connectivity index (χ2v) is 9.97. The van der Waals surface area contributed by atoms with Crippen molar-refractivity contribution in [2.24, 2.45) is 0 Å². The quantitative estimate of drug-likeness (QED) is 0.510. The molecule has 0 bridgehead atoms. The van der Waals surface area contributed by atoms with Crippen molar-refractivity contribution in [3.8, 4) is 5.75 Å². The summed E-state index contributed by atoms with van der Waals surface area (Å²) in [5.74, 6) is 2.05. The van der Waals surface area contributed by atoms with Gasteiger partial charge in [-0.3, -0.25) is 0 Å². The Balaban J connectivity index is 1.57. The smallest absolute Gasteiger partial charge is 0.410 e. The van der Waals surface area contributed by atoms with Crippen molar-refractivity contribution in [3.05, 3.63) is 24.0 Å². The standard InChI is InChI=1S/C26H37N5O4/c1-6-12-31-21(16-33-7-2)29-22-23(31)19-15-18(8-9-20(19)28-24(22)27)34-17-10-13-30(14-11-17)25(32)35-26(3,4)5/h8-9,15,17H,6-7,10-14,16H2,1-5H3,(H2,27,28). The van der Waals surface area contributed by atoms with E-state index >= 15 is 0 Å². The third-order valence-electron chi connectivity index (χ3n) is 6.03. The summed E-state index contributed by atoms with van der Waals surface area (Å²) in [5.41, 5.74) is 8.27. The van der Waals surface area contributed by atoms with Crippen molar-refractivity contribution in [1.29, 1.82) is 0 Å². The number of nitrogens with two attached hydrogens (primary N) is 1. The fourth-order valence-electron chi connectivity index (χ4n) is 4.45. The third-order valence-corrected chi connectivity index (χ3v) is 6.03. The minimum absolute atomic E-state index is 0.0254. The van der Waals surface area contributed by atoms with Gasteiger partial charge in [-0.05, 0) is 52.3 Å². The van der Waals surface area contributed by atoms with Crippen LogP contribution in [0.2, 0.25) is 0 Å². The molecule has 3 aromatic rings. The van der Waals surface area contributed by atoms with Crippen LogP contribution in [0.3, 0.4) is 0 Å². The number of aryl methyl sites for hydroxylation is 1. The van der Waals surface area contributed by atoms with E-state index < -0.39 is 5.60 Å². The number of rotatable bonds is 7. The Morgan fingerprint density at radius 1 is 1.17 bits per heavy atom. The number of benzene rings is 1. The molecular weight excluding hydrogens is 446 g/mol. The molecular formula is C26H37N5O4. The van der Waals surface area contributed by atoms with Crippen LogP contribution >= 0.6 is 0 Å². The van der Waals surface area contributed by atoms with Gasteiger partial charge in [0, 0.05) is 44.5 Å². The average molecular weight is 484 g/mol. The Kier molecular flexibility index (Phi) is 7.35. The van der Waals surface area contributed by atoms with E-state index in [1.807, 2.05) is 45.9 Å². The number of carbonyl (C=O) groups is 1. The Hall–Kier alpha value is -3.07. The van der Waals surface area contributed by atoms with Crippen LogP contribution < -0.4 is 10.5 Å². The summed E-state index contributed by atoms with van der Waals surface area (Å²) in [4.78, 5) is 23.5. The zero-order valence-corrected chi connectivity index (χ0v) is 21.5. The number of nitrogens with zero attached hydrogens (tertiary/aromatic N) is 4. The summed E-state index contributed by atoms with van der Waals surface area (Å²) < 4.78 is 19.7. The number of anilines is 1. The van der Waals surface area contributed by atoms with Gasteiger partial charge in [-0.2, -0.15) is 0 Å². The first-order chi connectivity index (χ1) is 16.7. The number of amides is 1. The molecule has 0 aliphatic carbocycles. The lowest BCUT2D eigenvalue weighted by molar-refractivity contribution is 0.0127. The molecule has 3 heterocycles. The van der Waals surface area contributed by atoms with Crippen molar-refractivity contribution < 1.29 is 19.0 Å². The number of hydrogen-bond acceptors (Lipinski definition) is 7. The van der Waals surface area contributed by atoms with Crippen molar-refractivity contribution in [2.75, 3.05) is 25.4 Å². The molecule has 4 rings (SSSR count). The first kappa shape index (κ1) is 25.0. The summed E-state index contributed by atoms with van der Waals surface area (Å²) in [5, 5.41) is 0.960. The van der Waals surface area contributed by atoms with Gasteiger partial charge in [0.1, 0.15) is 35.4 Å². The van der Waals surface area contributed by atoms with Crippen LogP contribution in [0.4, 0.5) is 10.6 Å². The molecule has 1 fully saturated rings. The number of likely N-dealkylation sites (tertiary alicyclic amines) is 1. The van der Waals surface area contributed by atoms with E-state index in [1.54, 1.807) is 4.90 Å². The summed E-state index contributed by atoms with van der Waals surface area (Å²) in [6, 6.07) is 5.91. The van der Waals surface area contributed by atoms with Crippen LogP contribution in [-0.2, 0) is 22.6 Å². The number of carbonyl (C=O) groups excluding carboxylic acids is 1. The van der Waals surface area contributed by atoms with Gasteiger partial charge in [0.25, 0.3) is 0 Å². The molecule has 2 N–H and O–H groups in total. The van der Waals surface area contributed by atoms with Gasteiger partial charge in [0.05, 0.1) is 11.0 Å². The molecule has 2 aromatic heterocycles. The fourth-order valence-corrected chi connectivity index (χ4v) is 4.45. The summed E-state index contributed by atoms with van der Waals surface area (Å²) in [7, 11) is 0. The number of hydrogen-bond donors (Lipinski definition) is 1. The Morgan fingerprint density at radius 3 is 2.57 bits per heavy atom. The van der Waals surface area contributed by atoms with Crippen molar-refractivity contribution in [3.63, 3.8) is 0 Å². The highest BCUT2D eigenvalue weighted by Crippen LogP contribution is 2.32. The zero-order valence-electron chi connectivity index (χ0n) is 21.5. The molecule has 1 amide bonds. The number of ether oxygens (including phenoxy) is 3. The van der Waals surface area contributed by atoms with Crippen LogP contribution in [0.25, 0.3) is 21.9 Å². The van der Waals surface area contributed by atoms with Gasteiger partial charge < -0.3 is 29.4 Å². The van der Waals surface area contributed by atoms with Gasteiger partial charge in [-0.15, -0.1) is 0 Å². The summed E-state index contributed by atoms with van der Waals surface area (Å²) in [6.07, 6.45) is 2.22. The van der Waals surface area contributed by atoms with Gasteiger partial charge in [0.15, 0.2) is 5.82 Å². The third kappa shape index (κ3) is 5.61. The maximum Gasteiger partial charge on any atom is 0.410 e. The summed E-state index contributed by atoms with van der Waals surface area (Å²) in [6.45, 7) is 12.8. The monoisotopic (exact) mass is 483 g/mol. The van der Waals surface area contributed by atoms with Crippen LogP contribution in [0.5, 0.6) is 5.75 Å². The second-order valence-electron chi connectivity index (χ2n) is 9.97. The van der Waals surface area contributed by atoms with E-state index in [-0.39, 0.29) is 12.2 Å². The fraction of sp³-hybridized carbons (Fsp3) is 0.577. The van der Waals surface area contributed by atoms with Gasteiger partial charge in [-0.1, -0.05) is 6.92 Å². The molecule has 9 heteroatoms. The lowest BCUT2D eigenvalue weighted by Crippen LogP contribution is -2.44. The van der Waals surface area contributed by atoms with E-state index in [2.05, 4.69) is 16.5 Å². The van der Waals surface area contributed by atoms with Crippen LogP contribution in [0, 0.1) is 0 Å². The maximum atomic E-state index is 12.4. The Morgan fingerprint density at radius 2 is 1.91 bits per heavy atom. The van der Waals surface area contributed by atoms with Gasteiger partial charge in [0.2, 0.25) is 0 Å². The van der Waals surface area contributed by atoms with E-state index in [1.165, 1.54) is 0 Å². The number of aromatic nitrogens is 3. The molecule has 190 valence electrons.